The zero-order valence-corrected chi connectivity index (χ0v) is 15.1. The normalized spacial score (nSPS) is 21.2. The maximum atomic E-state index is 12.9. The van der Waals surface area contributed by atoms with Crippen molar-refractivity contribution in [2.45, 2.75) is 42.7 Å². The van der Waals surface area contributed by atoms with Gasteiger partial charge < -0.3 is 14.8 Å². The van der Waals surface area contributed by atoms with Gasteiger partial charge in [0.2, 0.25) is 15.9 Å². The molecule has 2 aliphatic rings. The van der Waals surface area contributed by atoms with Crippen molar-refractivity contribution in [2.75, 3.05) is 26.9 Å². The van der Waals surface area contributed by atoms with Gasteiger partial charge in [0.25, 0.3) is 0 Å². The van der Waals surface area contributed by atoms with E-state index in [1.54, 1.807) is 19.2 Å². The van der Waals surface area contributed by atoms with Crippen molar-refractivity contribution in [3.8, 4) is 5.75 Å². The van der Waals surface area contributed by atoms with Crippen LogP contribution in [-0.4, -0.2) is 57.6 Å². The summed E-state index contributed by atoms with van der Waals surface area (Å²) in [5.74, 6) is 0.406. The molecule has 1 aromatic rings. The van der Waals surface area contributed by atoms with Gasteiger partial charge in [-0.25, -0.2) is 8.42 Å². The molecule has 1 saturated carbocycles. The molecule has 1 aromatic carbocycles. The zero-order valence-electron chi connectivity index (χ0n) is 14.3. The minimum absolute atomic E-state index is 0.178. The summed E-state index contributed by atoms with van der Waals surface area (Å²) < 4.78 is 37.5. The lowest BCUT2D eigenvalue weighted by molar-refractivity contribution is -0.124. The monoisotopic (exact) mass is 368 g/mol. The molecular formula is C17H24N2O5S. The Labute approximate surface area is 148 Å². The van der Waals surface area contributed by atoms with Crippen LogP contribution >= 0.6 is 0 Å². The lowest BCUT2D eigenvalue weighted by atomic mass is 10.2. The average Bonchev–Trinajstić information content (AvgIpc) is 3.26. The maximum Gasteiger partial charge on any atom is 0.243 e. The van der Waals surface area contributed by atoms with Gasteiger partial charge >= 0.3 is 0 Å². The Balaban J connectivity index is 1.70. The molecule has 1 aliphatic carbocycles. The molecule has 0 aromatic heterocycles. The van der Waals surface area contributed by atoms with Crippen LogP contribution in [-0.2, 0) is 19.6 Å². The highest BCUT2D eigenvalue weighted by atomic mass is 32.2. The van der Waals surface area contributed by atoms with Gasteiger partial charge in [-0.1, -0.05) is 0 Å². The van der Waals surface area contributed by atoms with Crippen molar-refractivity contribution in [1.29, 1.82) is 0 Å². The molecule has 0 radical (unpaired) electrons. The van der Waals surface area contributed by atoms with E-state index in [-0.39, 0.29) is 16.8 Å². The molecule has 1 N–H and O–H groups in total. The number of nitrogens with zero attached hydrogens (tertiary/aromatic N) is 1. The summed E-state index contributed by atoms with van der Waals surface area (Å²) in [4.78, 5) is 12.5. The molecule has 1 atom stereocenters. The summed E-state index contributed by atoms with van der Waals surface area (Å²) in [5, 5.41) is 2.91. The summed E-state index contributed by atoms with van der Waals surface area (Å²) >= 11 is 0. The standard InChI is InChI=1S/C17H24N2O5S/c1-23-11-12-24-14-6-8-15(9-7-14)25(21,22)19-10-2-3-16(19)17(20)18-13-4-5-13/h6-9,13,16H,2-5,10-12H2,1H3,(H,18,20). The van der Waals surface area contributed by atoms with Gasteiger partial charge in [-0.15, -0.1) is 0 Å². The highest BCUT2D eigenvalue weighted by Crippen LogP contribution is 2.28. The molecule has 1 aliphatic heterocycles. The molecule has 8 heteroatoms. The number of methoxy groups -OCH3 is 1. The second-order valence-electron chi connectivity index (χ2n) is 6.37. The van der Waals surface area contributed by atoms with Crippen molar-refractivity contribution < 1.29 is 22.7 Å². The second kappa shape index (κ2) is 7.72. The van der Waals surface area contributed by atoms with Crippen LogP contribution in [0, 0.1) is 0 Å². The quantitative estimate of drug-likeness (QED) is 0.696. The molecule has 2 fully saturated rings. The third-order valence-corrected chi connectivity index (χ3v) is 6.34. The first-order chi connectivity index (χ1) is 12.0. The highest BCUT2D eigenvalue weighted by molar-refractivity contribution is 7.89. The summed E-state index contributed by atoms with van der Waals surface area (Å²) in [5.41, 5.74) is 0. The number of amides is 1. The van der Waals surface area contributed by atoms with E-state index in [1.165, 1.54) is 16.4 Å². The van der Waals surface area contributed by atoms with Crippen LogP contribution in [0.5, 0.6) is 5.75 Å². The van der Waals surface area contributed by atoms with Crippen molar-refractivity contribution in [3.05, 3.63) is 24.3 Å². The van der Waals surface area contributed by atoms with Crippen LogP contribution in [0.2, 0.25) is 0 Å². The second-order valence-corrected chi connectivity index (χ2v) is 8.26. The summed E-state index contributed by atoms with van der Waals surface area (Å²) in [6, 6.07) is 5.90. The van der Waals surface area contributed by atoms with Crippen LogP contribution in [0.25, 0.3) is 0 Å². The molecule has 1 heterocycles. The first-order valence-corrected chi connectivity index (χ1v) is 10.0. The fourth-order valence-electron chi connectivity index (χ4n) is 2.90. The van der Waals surface area contributed by atoms with Gasteiger partial charge in [0.15, 0.2) is 0 Å². The molecular weight excluding hydrogens is 344 g/mol. The van der Waals surface area contributed by atoms with Crippen molar-refractivity contribution >= 4 is 15.9 Å². The predicted molar refractivity (Wildman–Crippen MR) is 91.9 cm³/mol. The van der Waals surface area contributed by atoms with E-state index in [0.29, 0.717) is 38.3 Å². The van der Waals surface area contributed by atoms with Crippen LogP contribution < -0.4 is 10.1 Å². The van der Waals surface area contributed by atoms with Crippen LogP contribution in [0.1, 0.15) is 25.7 Å². The van der Waals surface area contributed by atoms with E-state index in [4.69, 9.17) is 9.47 Å². The number of hydrogen-bond donors (Lipinski definition) is 1. The van der Waals surface area contributed by atoms with Gasteiger partial charge in [-0.3, -0.25) is 4.79 Å². The Hall–Kier alpha value is -1.64. The molecule has 1 unspecified atom stereocenters. The predicted octanol–water partition coefficient (Wildman–Crippen LogP) is 1.14. The van der Waals surface area contributed by atoms with E-state index >= 15 is 0 Å². The highest BCUT2D eigenvalue weighted by Gasteiger charge is 2.40. The Morgan fingerprint density at radius 1 is 1.20 bits per heavy atom. The minimum Gasteiger partial charge on any atom is -0.491 e. The van der Waals surface area contributed by atoms with Crippen molar-refractivity contribution in [3.63, 3.8) is 0 Å². The van der Waals surface area contributed by atoms with E-state index in [9.17, 15) is 13.2 Å². The first kappa shape index (κ1) is 18.2. The van der Waals surface area contributed by atoms with E-state index in [2.05, 4.69) is 5.32 Å². The van der Waals surface area contributed by atoms with Gasteiger partial charge in [0.05, 0.1) is 11.5 Å². The van der Waals surface area contributed by atoms with Gasteiger partial charge in [0.1, 0.15) is 18.4 Å². The number of hydrogen-bond acceptors (Lipinski definition) is 5. The van der Waals surface area contributed by atoms with Gasteiger partial charge in [-0.2, -0.15) is 4.31 Å². The molecule has 0 bridgehead atoms. The van der Waals surface area contributed by atoms with Crippen LogP contribution in [0.4, 0.5) is 0 Å². The topological polar surface area (TPSA) is 84.9 Å². The lowest BCUT2D eigenvalue weighted by Gasteiger charge is -2.23. The Morgan fingerprint density at radius 3 is 2.56 bits per heavy atom. The number of sulfonamides is 1. The van der Waals surface area contributed by atoms with Crippen molar-refractivity contribution in [2.24, 2.45) is 0 Å². The van der Waals surface area contributed by atoms with Crippen LogP contribution in [0.15, 0.2) is 29.2 Å². The number of benzene rings is 1. The number of carbonyl (C=O) groups is 1. The molecule has 7 nitrogen and oxygen atoms in total. The molecule has 3 rings (SSSR count). The van der Waals surface area contributed by atoms with Gasteiger partial charge in [0, 0.05) is 19.7 Å². The average molecular weight is 368 g/mol. The summed E-state index contributed by atoms with van der Waals surface area (Å²) in [7, 11) is -2.11. The largest absolute Gasteiger partial charge is 0.491 e. The summed E-state index contributed by atoms with van der Waals surface area (Å²) in [6.45, 7) is 1.24. The number of ether oxygens (including phenoxy) is 2. The third kappa shape index (κ3) is 4.31. The third-order valence-electron chi connectivity index (χ3n) is 4.42. The Bertz CT molecular complexity index is 700. The molecule has 1 amide bonds. The fourth-order valence-corrected chi connectivity index (χ4v) is 4.56. The fraction of sp³-hybridized carbons (Fsp3) is 0.588. The lowest BCUT2D eigenvalue weighted by Crippen LogP contribution is -2.46. The number of nitrogens with one attached hydrogen (secondary N) is 1. The zero-order chi connectivity index (χ0) is 17.9. The minimum atomic E-state index is -3.70. The van der Waals surface area contributed by atoms with E-state index in [0.717, 1.165) is 12.8 Å². The summed E-state index contributed by atoms with van der Waals surface area (Å²) in [6.07, 6.45) is 3.22. The van der Waals surface area contributed by atoms with E-state index < -0.39 is 16.1 Å². The SMILES string of the molecule is COCCOc1ccc(S(=O)(=O)N2CCCC2C(=O)NC2CC2)cc1. The van der Waals surface area contributed by atoms with E-state index in [1.807, 2.05) is 0 Å². The smallest absolute Gasteiger partial charge is 0.243 e. The van der Waals surface area contributed by atoms with Crippen molar-refractivity contribution in [1.82, 2.24) is 9.62 Å². The first-order valence-electron chi connectivity index (χ1n) is 8.56. The molecule has 138 valence electrons. The molecule has 0 spiro atoms. The number of carbonyl (C=O) groups excluding carboxylic acids is 1. The number of rotatable bonds is 8. The molecule has 1 saturated heterocycles. The maximum absolute atomic E-state index is 12.9. The molecule has 25 heavy (non-hydrogen) atoms. The Morgan fingerprint density at radius 2 is 1.92 bits per heavy atom. The Kier molecular flexibility index (Phi) is 5.61. The van der Waals surface area contributed by atoms with Gasteiger partial charge in [-0.05, 0) is 49.9 Å². The van der Waals surface area contributed by atoms with Crippen LogP contribution in [0.3, 0.4) is 0 Å².